The van der Waals surface area contributed by atoms with Gasteiger partial charge in [0.05, 0.1) is 12.2 Å². The fourth-order valence-corrected chi connectivity index (χ4v) is 7.59. The molecule has 1 nitrogen and oxygen atoms in total. The van der Waals surface area contributed by atoms with Gasteiger partial charge in [0.25, 0.3) is 0 Å². The van der Waals surface area contributed by atoms with Crippen molar-refractivity contribution in [1.82, 2.24) is 0 Å². The van der Waals surface area contributed by atoms with Crippen LogP contribution in [0.15, 0.2) is 0 Å². The highest BCUT2D eigenvalue weighted by atomic mass is 16.6. The molecule has 0 bridgehead atoms. The molecule has 5 rings (SSSR count). The molecular formula is C19H30O. The Bertz CT molecular complexity index is 431. The van der Waals surface area contributed by atoms with E-state index in [0.29, 0.717) is 23.0 Å². The number of fused-ring (bicyclic) bond motifs is 7. The summed E-state index contributed by atoms with van der Waals surface area (Å²) in [4.78, 5) is 0. The molecule has 0 spiro atoms. The predicted molar refractivity (Wildman–Crippen MR) is 80.4 cm³/mol. The van der Waals surface area contributed by atoms with Gasteiger partial charge in [0, 0.05) is 0 Å². The highest BCUT2D eigenvalue weighted by molar-refractivity contribution is 5.16. The second-order valence-corrected chi connectivity index (χ2v) is 9.28. The van der Waals surface area contributed by atoms with Gasteiger partial charge in [-0.15, -0.1) is 0 Å². The van der Waals surface area contributed by atoms with Crippen LogP contribution in [0.2, 0.25) is 0 Å². The van der Waals surface area contributed by atoms with E-state index in [-0.39, 0.29) is 0 Å². The molecule has 20 heavy (non-hydrogen) atoms. The largest absolute Gasteiger partial charge is 0.369 e. The lowest BCUT2D eigenvalue weighted by molar-refractivity contribution is -0.117. The van der Waals surface area contributed by atoms with Crippen molar-refractivity contribution in [3.8, 4) is 0 Å². The lowest BCUT2D eigenvalue weighted by Crippen LogP contribution is -2.53. The van der Waals surface area contributed by atoms with Crippen LogP contribution in [0.4, 0.5) is 0 Å². The standard InChI is InChI=1S/C19H30O/c1-18-9-4-3-5-12(18)6-7-13-14(18)8-10-19(2)15(13)11-16-17(19)20-16/h12-17H,3-11H2,1-2H3/t12?,13-,14+,15+,16?,17?,18+,19+/m1/s1. The molecule has 0 aromatic carbocycles. The van der Waals surface area contributed by atoms with Crippen molar-refractivity contribution in [3.63, 3.8) is 0 Å². The lowest BCUT2D eigenvalue weighted by Gasteiger charge is -2.60. The van der Waals surface area contributed by atoms with Gasteiger partial charge in [0.1, 0.15) is 0 Å². The first-order chi connectivity index (χ1) is 9.63. The summed E-state index contributed by atoms with van der Waals surface area (Å²) in [6, 6.07) is 0. The Morgan fingerprint density at radius 3 is 2.65 bits per heavy atom. The Hall–Kier alpha value is -0.0400. The van der Waals surface area contributed by atoms with Crippen LogP contribution < -0.4 is 0 Å². The summed E-state index contributed by atoms with van der Waals surface area (Å²) in [6.07, 6.45) is 14.9. The van der Waals surface area contributed by atoms with Gasteiger partial charge in [-0.05, 0) is 79.4 Å². The van der Waals surface area contributed by atoms with Gasteiger partial charge < -0.3 is 4.74 Å². The first-order valence-electron chi connectivity index (χ1n) is 9.28. The first kappa shape index (κ1) is 12.5. The molecule has 4 aliphatic carbocycles. The maximum atomic E-state index is 5.94. The number of ether oxygens (including phenoxy) is 1. The highest BCUT2D eigenvalue weighted by Gasteiger charge is 2.67. The molecule has 0 aromatic heterocycles. The first-order valence-corrected chi connectivity index (χ1v) is 9.28. The molecule has 0 amide bonds. The molecule has 0 N–H and O–H groups in total. The van der Waals surface area contributed by atoms with Crippen LogP contribution in [-0.2, 0) is 4.74 Å². The molecule has 0 aromatic rings. The van der Waals surface area contributed by atoms with Crippen molar-refractivity contribution in [1.29, 1.82) is 0 Å². The summed E-state index contributed by atoms with van der Waals surface area (Å²) in [5.74, 6) is 4.17. The molecule has 1 aliphatic heterocycles. The number of hydrogen-bond donors (Lipinski definition) is 0. The topological polar surface area (TPSA) is 12.5 Å². The average molecular weight is 274 g/mol. The van der Waals surface area contributed by atoms with Crippen LogP contribution in [0.3, 0.4) is 0 Å². The minimum absolute atomic E-state index is 0.559. The Morgan fingerprint density at radius 2 is 1.75 bits per heavy atom. The number of rotatable bonds is 0. The van der Waals surface area contributed by atoms with Crippen LogP contribution in [-0.4, -0.2) is 12.2 Å². The van der Waals surface area contributed by atoms with E-state index in [4.69, 9.17) is 4.74 Å². The quantitative estimate of drug-likeness (QED) is 0.578. The van der Waals surface area contributed by atoms with E-state index in [1.54, 1.807) is 12.8 Å². The number of epoxide rings is 1. The molecular weight excluding hydrogens is 244 g/mol. The summed E-state index contributed by atoms with van der Waals surface area (Å²) >= 11 is 0. The minimum Gasteiger partial charge on any atom is -0.369 e. The molecule has 8 atom stereocenters. The predicted octanol–water partition coefficient (Wildman–Crippen LogP) is 4.80. The van der Waals surface area contributed by atoms with Crippen molar-refractivity contribution in [2.45, 2.75) is 83.8 Å². The van der Waals surface area contributed by atoms with Crippen molar-refractivity contribution in [3.05, 3.63) is 0 Å². The van der Waals surface area contributed by atoms with E-state index < -0.39 is 0 Å². The molecule has 1 heteroatoms. The maximum absolute atomic E-state index is 5.94. The monoisotopic (exact) mass is 274 g/mol. The fraction of sp³-hybridized carbons (Fsp3) is 1.00. The molecule has 3 unspecified atom stereocenters. The molecule has 0 radical (unpaired) electrons. The van der Waals surface area contributed by atoms with Gasteiger partial charge in [-0.1, -0.05) is 26.7 Å². The zero-order valence-corrected chi connectivity index (χ0v) is 13.2. The molecule has 112 valence electrons. The Labute approximate surface area is 123 Å². The van der Waals surface area contributed by atoms with E-state index in [2.05, 4.69) is 13.8 Å². The average Bonchev–Trinajstić information content (AvgIpc) is 3.16. The zero-order chi connectivity index (χ0) is 13.5. The molecule has 4 saturated carbocycles. The molecule has 5 aliphatic rings. The third-order valence-electron chi connectivity index (χ3n) is 8.74. The van der Waals surface area contributed by atoms with Crippen LogP contribution >= 0.6 is 0 Å². The SMILES string of the molecule is C[C@]12CCCCC1CC[C@@H]1[C@@H]2CC[C@]2(C)C3OC3C[C@@H]12. The summed E-state index contributed by atoms with van der Waals surface area (Å²) in [6.45, 7) is 5.25. The van der Waals surface area contributed by atoms with Gasteiger partial charge in [0.15, 0.2) is 0 Å². The Balaban J connectivity index is 1.48. The third-order valence-corrected chi connectivity index (χ3v) is 8.74. The second-order valence-electron chi connectivity index (χ2n) is 9.28. The van der Waals surface area contributed by atoms with Crippen molar-refractivity contribution in [2.75, 3.05) is 0 Å². The summed E-state index contributed by atoms with van der Waals surface area (Å²) in [5.41, 5.74) is 1.26. The van der Waals surface area contributed by atoms with Crippen LogP contribution in [0, 0.1) is 34.5 Å². The van der Waals surface area contributed by atoms with E-state index in [0.717, 1.165) is 23.7 Å². The molecule has 1 saturated heterocycles. The minimum atomic E-state index is 0.559. The van der Waals surface area contributed by atoms with Gasteiger partial charge in [-0.2, -0.15) is 0 Å². The van der Waals surface area contributed by atoms with Gasteiger partial charge in [-0.3, -0.25) is 0 Å². The van der Waals surface area contributed by atoms with Gasteiger partial charge in [0.2, 0.25) is 0 Å². The summed E-state index contributed by atoms with van der Waals surface area (Å²) in [7, 11) is 0. The van der Waals surface area contributed by atoms with E-state index in [1.807, 2.05) is 0 Å². The summed E-state index contributed by atoms with van der Waals surface area (Å²) < 4.78 is 5.94. The van der Waals surface area contributed by atoms with Gasteiger partial charge >= 0.3 is 0 Å². The molecule has 5 fully saturated rings. The molecule has 1 heterocycles. The van der Waals surface area contributed by atoms with Crippen LogP contribution in [0.25, 0.3) is 0 Å². The van der Waals surface area contributed by atoms with Crippen molar-refractivity contribution < 1.29 is 4.74 Å². The Kier molecular flexibility index (Phi) is 2.39. The zero-order valence-electron chi connectivity index (χ0n) is 13.2. The van der Waals surface area contributed by atoms with E-state index in [9.17, 15) is 0 Å². The fourth-order valence-electron chi connectivity index (χ4n) is 7.59. The number of hydrogen-bond acceptors (Lipinski definition) is 1. The highest BCUT2D eigenvalue weighted by Crippen LogP contribution is 2.69. The Morgan fingerprint density at radius 1 is 0.850 bits per heavy atom. The van der Waals surface area contributed by atoms with Gasteiger partial charge in [-0.25, -0.2) is 0 Å². The third kappa shape index (κ3) is 1.39. The van der Waals surface area contributed by atoms with E-state index >= 15 is 0 Å². The van der Waals surface area contributed by atoms with Crippen LogP contribution in [0.1, 0.15) is 71.6 Å². The van der Waals surface area contributed by atoms with E-state index in [1.165, 1.54) is 44.9 Å². The smallest absolute Gasteiger partial charge is 0.0898 e. The maximum Gasteiger partial charge on any atom is 0.0898 e. The van der Waals surface area contributed by atoms with Crippen molar-refractivity contribution >= 4 is 0 Å². The van der Waals surface area contributed by atoms with Crippen LogP contribution in [0.5, 0.6) is 0 Å². The second kappa shape index (κ2) is 3.83. The van der Waals surface area contributed by atoms with Crippen molar-refractivity contribution in [2.24, 2.45) is 34.5 Å². The lowest BCUT2D eigenvalue weighted by atomic mass is 9.45. The normalized spacial score (nSPS) is 63.9. The summed E-state index contributed by atoms with van der Waals surface area (Å²) in [5, 5.41) is 0.